The first-order valence-electron chi connectivity index (χ1n) is 5.50. The van der Waals surface area contributed by atoms with Gasteiger partial charge in [0.1, 0.15) is 0 Å². The van der Waals surface area contributed by atoms with E-state index in [9.17, 15) is 9.59 Å². The lowest BCUT2D eigenvalue weighted by molar-refractivity contribution is -0.133. The molecule has 0 aliphatic rings. The minimum absolute atomic E-state index is 0.0796. The highest BCUT2D eigenvalue weighted by atomic mass is 35.5. The summed E-state index contributed by atoms with van der Waals surface area (Å²) in [6, 6.07) is 5.25. The van der Waals surface area contributed by atoms with Gasteiger partial charge in [-0.1, -0.05) is 29.3 Å². The third kappa shape index (κ3) is 6.18. The van der Waals surface area contributed by atoms with E-state index in [0.717, 1.165) is 17.3 Å². The maximum Gasteiger partial charge on any atom is 0.313 e. The molecule has 104 valence electrons. The molecule has 0 fully saturated rings. The largest absolute Gasteiger partial charge is 0.481 e. The molecule has 1 amide bonds. The van der Waals surface area contributed by atoms with Crippen molar-refractivity contribution in [1.82, 2.24) is 5.32 Å². The van der Waals surface area contributed by atoms with Gasteiger partial charge in [0.05, 0.1) is 11.5 Å². The quantitative estimate of drug-likeness (QED) is 0.809. The van der Waals surface area contributed by atoms with Crippen molar-refractivity contribution < 1.29 is 14.7 Å². The van der Waals surface area contributed by atoms with Gasteiger partial charge in [-0.05, 0) is 24.1 Å². The van der Waals surface area contributed by atoms with Gasteiger partial charge in [-0.15, -0.1) is 11.8 Å². The minimum Gasteiger partial charge on any atom is -0.481 e. The molecule has 0 aliphatic heterocycles. The Labute approximate surface area is 125 Å². The van der Waals surface area contributed by atoms with Crippen molar-refractivity contribution in [3.63, 3.8) is 0 Å². The highest BCUT2D eigenvalue weighted by Crippen LogP contribution is 2.24. The molecule has 2 N–H and O–H groups in total. The Morgan fingerprint density at radius 1 is 1.21 bits per heavy atom. The predicted molar refractivity (Wildman–Crippen MR) is 78.1 cm³/mol. The van der Waals surface area contributed by atoms with Crippen LogP contribution in [0.3, 0.4) is 0 Å². The van der Waals surface area contributed by atoms with Gasteiger partial charge in [0.2, 0.25) is 5.91 Å². The van der Waals surface area contributed by atoms with Crippen molar-refractivity contribution in [1.29, 1.82) is 0 Å². The number of hydrogen-bond donors (Lipinski definition) is 2. The van der Waals surface area contributed by atoms with E-state index in [2.05, 4.69) is 5.32 Å². The van der Waals surface area contributed by atoms with E-state index >= 15 is 0 Å². The molecule has 0 atom stereocenters. The Balaban J connectivity index is 2.30. The molecule has 0 saturated heterocycles. The number of thioether (sulfide) groups is 1. The number of carbonyl (C=O) groups is 2. The number of benzene rings is 1. The molecule has 1 aromatic carbocycles. The third-order valence-corrected chi connectivity index (χ3v) is 3.84. The number of halogens is 2. The van der Waals surface area contributed by atoms with E-state index in [0.29, 0.717) is 23.0 Å². The van der Waals surface area contributed by atoms with Crippen molar-refractivity contribution in [3.8, 4) is 0 Å². The average molecular weight is 322 g/mol. The Morgan fingerprint density at radius 3 is 2.42 bits per heavy atom. The van der Waals surface area contributed by atoms with Crippen molar-refractivity contribution in [3.05, 3.63) is 33.8 Å². The van der Waals surface area contributed by atoms with Gasteiger partial charge in [0, 0.05) is 16.6 Å². The van der Waals surface area contributed by atoms with Crippen LogP contribution in [0.2, 0.25) is 10.0 Å². The van der Waals surface area contributed by atoms with E-state index in [1.807, 2.05) is 0 Å². The van der Waals surface area contributed by atoms with Crippen LogP contribution in [0.4, 0.5) is 0 Å². The fourth-order valence-electron chi connectivity index (χ4n) is 1.38. The first-order chi connectivity index (χ1) is 9.00. The molecule has 0 heterocycles. The number of hydrogen-bond acceptors (Lipinski definition) is 3. The van der Waals surface area contributed by atoms with Crippen molar-refractivity contribution in [2.24, 2.45) is 0 Å². The number of carboxylic acids is 1. The Hall–Kier alpha value is -0.910. The van der Waals surface area contributed by atoms with Crippen LogP contribution in [-0.2, 0) is 16.0 Å². The van der Waals surface area contributed by atoms with Crippen LogP contribution in [0.1, 0.15) is 5.56 Å². The first-order valence-corrected chi connectivity index (χ1v) is 7.41. The van der Waals surface area contributed by atoms with E-state index in [1.54, 1.807) is 18.2 Å². The molecule has 19 heavy (non-hydrogen) atoms. The Morgan fingerprint density at radius 2 is 1.84 bits per heavy atom. The van der Waals surface area contributed by atoms with Gasteiger partial charge in [0.15, 0.2) is 0 Å². The summed E-state index contributed by atoms with van der Waals surface area (Å²) in [4.78, 5) is 21.7. The van der Waals surface area contributed by atoms with E-state index in [4.69, 9.17) is 28.3 Å². The molecule has 1 rings (SSSR count). The average Bonchev–Trinajstić information content (AvgIpc) is 2.32. The van der Waals surface area contributed by atoms with Crippen molar-refractivity contribution >= 4 is 46.8 Å². The first kappa shape index (κ1) is 16.1. The van der Waals surface area contributed by atoms with Gasteiger partial charge in [0.25, 0.3) is 0 Å². The third-order valence-electron chi connectivity index (χ3n) is 2.22. The van der Waals surface area contributed by atoms with Crippen molar-refractivity contribution in [2.75, 3.05) is 18.1 Å². The summed E-state index contributed by atoms with van der Waals surface area (Å²) in [5.74, 6) is -1.08. The molecule has 0 bridgehead atoms. The highest BCUT2D eigenvalue weighted by molar-refractivity contribution is 8.00. The maximum atomic E-state index is 11.4. The molecule has 0 spiro atoms. The molecule has 0 saturated carbocycles. The van der Waals surface area contributed by atoms with Crippen LogP contribution < -0.4 is 5.32 Å². The summed E-state index contributed by atoms with van der Waals surface area (Å²) in [5, 5.41) is 12.3. The standard InChI is InChI=1S/C12H13Cl2NO3S/c13-9-2-1-3-10(14)8(9)4-5-15-11(16)6-19-7-12(17)18/h1-3H,4-7H2,(H,15,16)(H,17,18). The fourth-order valence-corrected chi connectivity index (χ4v) is 2.53. The maximum absolute atomic E-state index is 11.4. The zero-order valence-electron chi connectivity index (χ0n) is 9.99. The second-order valence-corrected chi connectivity index (χ2v) is 5.49. The predicted octanol–water partition coefficient (Wildman–Crippen LogP) is 2.47. The Bertz CT molecular complexity index is 448. The molecule has 0 unspecified atom stereocenters. The van der Waals surface area contributed by atoms with Crippen LogP contribution >= 0.6 is 35.0 Å². The number of amides is 1. The summed E-state index contributed by atoms with van der Waals surface area (Å²) >= 11 is 13.1. The molecule has 1 aromatic rings. The van der Waals surface area contributed by atoms with Gasteiger partial charge >= 0.3 is 5.97 Å². The van der Waals surface area contributed by atoms with Crippen LogP contribution in [0, 0.1) is 0 Å². The number of nitrogens with one attached hydrogen (secondary N) is 1. The number of rotatable bonds is 7. The van der Waals surface area contributed by atoms with Crippen LogP contribution in [0.25, 0.3) is 0 Å². The molecular weight excluding hydrogens is 309 g/mol. The molecule has 0 radical (unpaired) electrons. The van der Waals surface area contributed by atoms with E-state index < -0.39 is 5.97 Å². The summed E-state index contributed by atoms with van der Waals surface area (Å²) in [6.07, 6.45) is 0.536. The zero-order chi connectivity index (χ0) is 14.3. The van der Waals surface area contributed by atoms with Crippen LogP contribution in [0.5, 0.6) is 0 Å². The van der Waals surface area contributed by atoms with Crippen LogP contribution in [-0.4, -0.2) is 35.0 Å². The lowest BCUT2D eigenvalue weighted by Crippen LogP contribution is -2.27. The summed E-state index contributed by atoms with van der Waals surface area (Å²) in [7, 11) is 0. The van der Waals surface area contributed by atoms with E-state index in [-0.39, 0.29) is 17.4 Å². The lowest BCUT2D eigenvalue weighted by Gasteiger charge is -2.08. The summed E-state index contributed by atoms with van der Waals surface area (Å²) in [6.45, 7) is 0.413. The number of carboxylic acid groups (broad SMARTS) is 1. The molecule has 0 aromatic heterocycles. The number of aliphatic carboxylic acids is 1. The van der Waals surface area contributed by atoms with Gasteiger partial charge in [-0.3, -0.25) is 9.59 Å². The fraction of sp³-hybridized carbons (Fsp3) is 0.333. The van der Waals surface area contributed by atoms with E-state index in [1.165, 1.54) is 0 Å². The minimum atomic E-state index is -0.930. The lowest BCUT2D eigenvalue weighted by atomic mass is 10.1. The van der Waals surface area contributed by atoms with Crippen LogP contribution in [0.15, 0.2) is 18.2 Å². The molecular formula is C12H13Cl2NO3S. The monoisotopic (exact) mass is 321 g/mol. The molecule has 0 aliphatic carbocycles. The Kier molecular flexibility index (Phi) is 7.05. The number of carbonyl (C=O) groups excluding carboxylic acids is 1. The zero-order valence-corrected chi connectivity index (χ0v) is 12.3. The van der Waals surface area contributed by atoms with Gasteiger partial charge in [-0.2, -0.15) is 0 Å². The van der Waals surface area contributed by atoms with Crippen molar-refractivity contribution in [2.45, 2.75) is 6.42 Å². The SMILES string of the molecule is O=C(O)CSCC(=O)NCCc1c(Cl)cccc1Cl. The summed E-state index contributed by atoms with van der Waals surface area (Å²) < 4.78 is 0. The summed E-state index contributed by atoms with van der Waals surface area (Å²) in [5.41, 5.74) is 0.796. The highest BCUT2D eigenvalue weighted by Gasteiger charge is 2.07. The smallest absolute Gasteiger partial charge is 0.313 e. The van der Waals surface area contributed by atoms with Gasteiger partial charge < -0.3 is 10.4 Å². The molecule has 4 nitrogen and oxygen atoms in total. The molecule has 7 heteroatoms. The topological polar surface area (TPSA) is 66.4 Å². The normalized spacial score (nSPS) is 10.2. The van der Waals surface area contributed by atoms with Gasteiger partial charge in [-0.25, -0.2) is 0 Å². The second kappa shape index (κ2) is 8.30. The second-order valence-electron chi connectivity index (χ2n) is 3.69.